The number of para-hydroxylation sites is 1. The van der Waals surface area contributed by atoms with Crippen molar-refractivity contribution < 1.29 is 4.79 Å². The maximum atomic E-state index is 13.0. The van der Waals surface area contributed by atoms with Crippen molar-refractivity contribution in [1.29, 1.82) is 10.7 Å². The van der Waals surface area contributed by atoms with Gasteiger partial charge >= 0.3 is 0 Å². The minimum Gasteiger partial charge on any atom is -0.384 e. The van der Waals surface area contributed by atoms with Crippen molar-refractivity contribution >= 4 is 42.0 Å². The van der Waals surface area contributed by atoms with Crippen LogP contribution < -0.4 is 10.6 Å². The maximum absolute atomic E-state index is 13.0. The SMILES string of the molecule is Cl.N#Cc1ccc(/C=C(\C(=N)N)C(=O)N2CC=Cc3ccccc32)cc1. The average molecular weight is 365 g/mol. The number of nitriles is 1. The van der Waals surface area contributed by atoms with E-state index in [0.29, 0.717) is 17.7 Å². The number of hydrogen-bond donors (Lipinski definition) is 2. The van der Waals surface area contributed by atoms with Crippen LogP contribution in [0.2, 0.25) is 0 Å². The number of carbonyl (C=O) groups excluding carboxylic acids is 1. The van der Waals surface area contributed by atoms with Gasteiger partial charge < -0.3 is 10.6 Å². The molecule has 130 valence electrons. The van der Waals surface area contributed by atoms with Crippen molar-refractivity contribution in [2.75, 3.05) is 11.4 Å². The van der Waals surface area contributed by atoms with Gasteiger partial charge in [-0.25, -0.2) is 0 Å². The minimum absolute atomic E-state index is 0. The van der Waals surface area contributed by atoms with Gasteiger partial charge in [0.05, 0.1) is 22.9 Å². The molecule has 0 radical (unpaired) electrons. The second kappa shape index (κ2) is 8.15. The molecule has 0 atom stereocenters. The average Bonchev–Trinajstić information content (AvgIpc) is 2.65. The number of nitrogens with two attached hydrogens (primary N) is 1. The molecule has 0 bridgehead atoms. The summed E-state index contributed by atoms with van der Waals surface area (Å²) in [4.78, 5) is 14.6. The highest BCUT2D eigenvalue weighted by Crippen LogP contribution is 2.27. The quantitative estimate of drug-likeness (QED) is 0.496. The predicted molar refractivity (Wildman–Crippen MR) is 106 cm³/mol. The Kier molecular flexibility index (Phi) is 5.94. The van der Waals surface area contributed by atoms with E-state index >= 15 is 0 Å². The van der Waals surface area contributed by atoms with Crippen LogP contribution in [0.15, 0.2) is 60.2 Å². The van der Waals surface area contributed by atoms with Crippen LogP contribution in [-0.4, -0.2) is 18.3 Å². The van der Waals surface area contributed by atoms with Gasteiger partial charge in [-0.1, -0.05) is 42.5 Å². The third kappa shape index (κ3) is 3.82. The van der Waals surface area contributed by atoms with Crippen LogP contribution in [-0.2, 0) is 4.79 Å². The Morgan fingerprint density at radius 2 is 1.88 bits per heavy atom. The van der Waals surface area contributed by atoms with Crippen LogP contribution in [0.1, 0.15) is 16.7 Å². The van der Waals surface area contributed by atoms with Gasteiger partial charge in [0.2, 0.25) is 0 Å². The first-order chi connectivity index (χ1) is 12.1. The molecule has 1 aliphatic rings. The lowest BCUT2D eigenvalue weighted by molar-refractivity contribution is -0.114. The summed E-state index contributed by atoms with van der Waals surface area (Å²) >= 11 is 0. The van der Waals surface area contributed by atoms with Gasteiger partial charge in [0, 0.05) is 6.54 Å². The molecule has 0 unspecified atom stereocenters. The van der Waals surface area contributed by atoms with Gasteiger partial charge in [-0.2, -0.15) is 5.26 Å². The molecule has 0 saturated carbocycles. The molecule has 0 spiro atoms. The number of anilines is 1. The first-order valence-electron chi connectivity index (χ1n) is 7.74. The van der Waals surface area contributed by atoms with Gasteiger partial charge in [0.15, 0.2) is 0 Å². The molecule has 0 fully saturated rings. The van der Waals surface area contributed by atoms with E-state index in [1.165, 1.54) is 0 Å². The largest absolute Gasteiger partial charge is 0.384 e. The molecule has 2 aromatic rings. The highest BCUT2D eigenvalue weighted by atomic mass is 35.5. The molecule has 3 N–H and O–H groups in total. The Morgan fingerprint density at radius 1 is 1.19 bits per heavy atom. The van der Waals surface area contributed by atoms with E-state index in [4.69, 9.17) is 16.4 Å². The first-order valence-corrected chi connectivity index (χ1v) is 7.74. The molecule has 1 heterocycles. The van der Waals surface area contributed by atoms with Crippen molar-refractivity contribution in [2.24, 2.45) is 5.73 Å². The number of hydrogen-bond acceptors (Lipinski definition) is 3. The molecule has 1 amide bonds. The third-order valence-electron chi connectivity index (χ3n) is 3.93. The number of benzene rings is 2. The summed E-state index contributed by atoms with van der Waals surface area (Å²) in [5.41, 5.74) is 8.76. The number of fused-ring (bicyclic) bond motifs is 1. The number of halogens is 1. The van der Waals surface area contributed by atoms with Gasteiger partial charge in [-0.3, -0.25) is 10.2 Å². The number of carbonyl (C=O) groups is 1. The molecule has 6 heteroatoms. The van der Waals surface area contributed by atoms with Gasteiger partial charge in [0.25, 0.3) is 5.91 Å². The van der Waals surface area contributed by atoms with Crippen molar-refractivity contribution in [1.82, 2.24) is 0 Å². The molecule has 0 aromatic heterocycles. The Hall–Kier alpha value is -3.36. The zero-order valence-corrected chi connectivity index (χ0v) is 14.7. The van der Waals surface area contributed by atoms with Crippen LogP contribution in [0.4, 0.5) is 5.69 Å². The monoisotopic (exact) mass is 364 g/mol. The van der Waals surface area contributed by atoms with E-state index in [1.807, 2.05) is 42.5 Å². The summed E-state index contributed by atoms with van der Waals surface area (Å²) in [5.74, 6) is -0.616. The number of nitrogens with one attached hydrogen (secondary N) is 1. The zero-order valence-electron chi connectivity index (χ0n) is 13.8. The molecule has 0 aliphatic carbocycles. The minimum atomic E-state index is -0.325. The van der Waals surface area contributed by atoms with Crippen LogP contribution in [0.5, 0.6) is 0 Å². The number of nitrogens with zero attached hydrogens (tertiary/aromatic N) is 2. The van der Waals surface area contributed by atoms with Crippen molar-refractivity contribution in [3.63, 3.8) is 0 Å². The number of amides is 1. The second-order valence-corrected chi connectivity index (χ2v) is 5.58. The number of rotatable bonds is 3. The standard InChI is InChI=1S/C20H16N4O.ClH/c21-13-15-9-7-14(8-10-15)12-17(19(22)23)20(25)24-11-3-5-16-4-1-2-6-18(16)24;/h1-10,12H,11H2,(H3,22,23);1H/b17-12+;. The smallest absolute Gasteiger partial charge is 0.262 e. The molecule has 5 nitrogen and oxygen atoms in total. The summed E-state index contributed by atoms with van der Waals surface area (Å²) in [6.07, 6.45) is 5.45. The van der Waals surface area contributed by atoms with E-state index in [-0.39, 0.29) is 29.7 Å². The zero-order chi connectivity index (χ0) is 17.8. The van der Waals surface area contributed by atoms with Crippen LogP contribution in [0.25, 0.3) is 12.2 Å². The Bertz CT molecular complexity index is 939. The van der Waals surface area contributed by atoms with Crippen molar-refractivity contribution in [2.45, 2.75) is 0 Å². The Morgan fingerprint density at radius 3 is 2.54 bits per heavy atom. The lowest BCUT2D eigenvalue weighted by Crippen LogP contribution is -2.37. The van der Waals surface area contributed by atoms with Crippen molar-refractivity contribution in [3.05, 3.63) is 76.9 Å². The fraction of sp³-hybridized carbons (Fsp3) is 0.0500. The van der Waals surface area contributed by atoms with Crippen LogP contribution in [0, 0.1) is 16.7 Å². The predicted octanol–water partition coefficient (Wildman–Crippen LogP) is 3.36. The Balaban J connectivity index is 0.00000243. The van der Waals surface area contributed by atoms with Gasteiger partial charge in [-0.15, -0.1) is 12.4 Å². The third-order valence-corrected chi connectivity index (χ3v) is 3.93. The van der Waals surface area contributed by atoms with E-state index in [9.17, 15) is 4.79 Å². The summed E-state index contributed by atoms with van der Waals surface area (Å²) in [5, 5.41) is 16.7. The van der Waals surface area contributed by atoms with Crippen molar-refractivity contribution in [3.8, 4) is 6.07 Å². The molecular weight excluding hydrogens is 348 g/mol. The van der Waals surface area contributed by atoms with E-state index in [0.717, 1.165) is 11.3 Å². The van der Waals surface area contributed by atoms with Crippen LogP contribution in [0.3, 0.4) is 0 Å². The highest BCUT2D eigenvalue weighted by molar-refractivity contribution is 6.27. The topological polar surface area (TPSA) is 94.0 Å². The molecule has 1 aliphatic heterocycles. The molecule has 0 saturated heterocycles. The summed E-state index contributed by atoms with van der Waals surface area (Å²) in [6.45, 7) is 0.424. The van der Waals surface area contributed by atoms with Gasteiger partial charge in [0.1, 0.15) is 5.84 Å². The Labute approximate surface area is 158 Å². The fourth-order valence-corrected chi connectivity index (χ4v) is 2.67. The summed E-state index contributed by atoms with van der Waals surface area (Å²) in [6, 6.07) is 16.4. The fourth-order valence-electron chi connectivity index (χ4n) is 2.67. The van der Waals surface area contributed by atoms with Gasteiger partial charge in [-0.05, 0) is 35.4 Å². The van der Waals surface area contributed by atoms with E-state index in [1.54, 1.807) is 35.2 Å². The van der Waals surface area contributed by atoms with E-state index < -0.39 is 0 Å². The second-order valence-electron chi connectivity index (χ2n) is 5.58. The molecular formula is C20H17ClN4O. The lowest BCUT2D eigenvalue weighted by atomic mass is 10.0. The summed E-state index contributed by atoms with van der Waals surface area (Å²) in [7, 11) is 0. The molecule has 3 rings (SSSR count). The lowest BCUT2D eigenvalue weighted by Gasteiger charge is -2.27. The van der Waals surface area contributed by atoms with Crippen LogP contribution >= 0.6 is 12.4 Å². The number of amidine groups is 1. The highest BCUT2D eigenvalue weighted by Gasteiger charge is 2.24. The van der Waals surface area contributed by atoms with E-state index in [2.05, 4.69) is 0 Å². The maximum Gasteiger partial charge on any atom is 0.262 e. The normalized spacial score (nSPS) is 12.6. The molecule has 2 aromatic carbocycles. The molecule has 26 heavy (non-hydrogen) atoms. The summed E-state index contributed by atoms with van der Waals surface area (Å²) < 4.78 is 0. The first kappa shape index (κ1) is 19.0.